The van der Waals surface area contributed by atoms with Gasteiger partial charge in [0, 0.05) is 31.2 Å². The van der Waals surface area contributed by atoms with Gasteiger partial charge in [-0.2, -0.15) is 0 Å². The topological polar surface area (TPSA) is 89.1 Å². The number of hydrogen-bond donors (Lipinski definition) is 2. The number of nitrogen functional groups attached to an aromatic ring is 1. The number of amides is 1. The fourth-order valence-corrected chi connectivity index (χ4v) is 4.50. The molecule has 7 nitrogen and oxygen atoms in total. The first kappa shape index (κ1) is 21.4. The highest BCUT2D eigenvalue weighted by Gasteiger charge is 2.27. The highest BCUT2D eigenvalue weighted by molar-refractivity contribution is 8.00. The van der Waals surface area contributed by atoms with Crippen LogP contribution in [0, 0.1) is 6.92 Å². The number of aryl methyl sites for hydroxylation is 1. The standard InChI is InChI=1S/C23H28N6OS/c1-16-8-10-19(11-9-16)21-26-27-23(29(21)24)31-17(2)22(30)25-20-12-13-28(15-20)14-18-6-4-3-5-7-18/h3-11,17,20H,12-15,24H2,1-2H3,(H,25,30). The molecule has 8 heteroatoms. The lowest BCUT2D eigenvalue weighted by atomic mass is 10.1. The summed E-state index contributed by atoms with van der Waals surface area (Å²) in [5.41, 5.74) is 3.36. The highest BCUT2D eigenvalue weighted by atomic mass is 32.2. The molecule has 1 fully saturated rings. The Hall–Kier alpha value is -2.84. The quantitative estimate of drug-likeness (QED) is 0.437. The van der Waals surface area contributed by atoms with E-state index in [0.717, 1.165) is 31.6 Å². The maximum Gasteiger partial charge on any atom is 0.233 e. The largest absolute Gasteiger partial charge is 0.351 e. The summed E-state index contributed by atoms with van der Waals surface area (Å²) in [4.78, 5) is 15.1. The van der Waals surface area contributed by atoms with Crippen molar-refractivity contribution < 1.29 is 4.79 Å². The van der Waals surface area contributed by atoms with Crippen molar-refractivity contribution in [1.82, 2.24) is 25.1 Å². The van der Waals surface area contributed by atoms with Crippen LogP contribution in [0.15, 0.2) is 59.8 Å². The molecule has 2 aromatic carbocycles. The van der Waals surface area contributed by atoms with Crippen LogP contribution in [0.5, 0.6) is 0 Å². The van der Waals surface area contributed by atoms with E-state index in [1.807, 2.05) is 44.2 Å². The van der Waals surface area contributed by atoms with E-state index in [2.05, 4.69) is 44.7 Å². The van der Waals surface area contributed by atoms with Gasteiger partial charge < -0.3 is 11.2 Å². The number of likely N-dealkylation sites (tertiary alicyclic amines) is 1. The summed E-state index contributed by atoms with van der Waals surface area (Å²) in [5.74, 6) is 6.79. The summed E-state index contributed by atoms with van der Waals surface area (Å²) in [7, 11) is 0. The van der Waals surface area contributed by atoms with Crippen molar-refractivity contribution in [2.24, 2.45) is 0 Å². The van der Waals surface area contributed by atoms with Crippen LogP contribution < -0.4 is 11.2 Å². The number of nitrogens with one attached hydrogen (secondary N) is 1. The zero-order valence-electron chi connectivity index (χ0n) is 17.9. The molecule has 4 rings (SSSR count). The zero-order valence-corrected chi connectivity index (χ0v) is 18.7. The molecule has 1 aliphatic rings. The molecule has 3 aromatic rings. The number of carbonyl (C=O) groups is 1. The van der Waals surface area contributed by atoms with Gasteiger partial charge in [0.2, 0.25) is 11.1 Å². The van der Waals surface area contributed by atoms with Gasteiger partial charge in [0.15, 0.2) is 5.82 Å². The van der Waals surface area contributed by atoms with Crippen LogP contribution in [0.1, 0.15) is 24.5 Å². The molecule has 31 heavy (non-hydrogen) atoms. The third-order valence-electron chi connectivity index (χ3n) is 5.49. The van der Waals surface area contributed by atoms with Gasteiger partial charge in [0.1, 0.15) is 0 Å². The van der Waals surface area contributed by atoms with E-state index in [1.165, 1.54) is 27.6 Å². The van der Waals surface area contributed by atoms with E-state index in [9.17, 15) is 4.79 Å². The van der Waals surface area contributed by atoms with Gasteiger partial charge in [-0.1, -0.05) is 71.9 Å². The van der Waals surface area contributed by atoms with Gasteiger partial charge >= 0.3 is 0 Å². The van der Waals surface area contributed by atoms with Crippen LogP contribution in [0.4, 0.5) is 0 Å². The molecule has 2 heterocycles. The average molecular weight is 437 g/mol. The lowest BCUT2D eigenvalue weighted by molar-refractivity contribution is -0.120. The van der Waals surface area contributed by atoms with Crippen LogP contribution in [0.25, 0.3) is 11.4 Å². The van der Waals surface area contributed by atoms with Crippen molar-refractivity contribution in [3.05, 3.63) is 65.7 Å². The van der Waals surface area contributed by atoms with Crippen LogP contribution in [-0.2, 0) is 11.3 Å². The molecule has 162 valence electrons. The van der Waals surface area contributed by atoms with Gasteiger partial charge in [-0.25, -0.2) is 4.68 Å². The first-order valence-electron chi connectivity index (χ1n) is 10.5. The van der Waals surface area contributed by atoms with E-state index in [-0.39, 0.29) is 17.2 Å². The fraction of sp³-hybridized carbons (Fsp3) is 0.348. The summed E-state index contributed by atoms with van der Waals surface area (Å²) < 4.78 is 1.45. The Kier molecular flexibility index (Phi) is 6.58. The van der Waals surface area contributed by atoms with Crippen molar-refractivity contribution in [2.45, 2.75) is 43.3 Å². The van der Waals surface area contributed by atoms with E-state index >= 15 is 0 Å². The summed E-state index contributed by atoms with van der Waals surface area (Å²) in [6.45, 7) is 6.66. The van der Waals surface area contributed by atoms with Crippen molar-refractivity contribution in [1.29, 1.82) is 0 Å². The van der Waals surface area contributed by atoms with E-state index < -0.39 is 0 Å². The predicted molar refractivity (Wildman–Crippen MR) is 124 cm³/mol. The highest BCUT2D eigenvalue weighted by Crippen LogP contribution is 2.25. The number of nitrogens with two attached hydrogens (primary N) is 1. The van der Waals surface area contributed by atoms with Gasteiger partial charge in [-0.05, 0) is 25.8 Å². The Bertz CT molecular complexity index is 1020. The molecular weight excluding hydrogens is 408 g/mol. The number of carbonyl (C=O) groups excluding carboxylic acids is 1. The van der Waals surface area contributed by atoms with Gasteiger partial charge in [0.05, 0.1) is 5.25 Å². The summed E-state index contributed by atoms with van der Waals surface area (Å²) in [6.07, 6.45) is 0.959. The second-order valence-corrected chi connectivity index (χ2v) is 9.33. The van der Waals surface area contributed by atoms with E-state index in [0.29, 0.717) is 11.0 Å². The van der Waals surface area contributed by atoms with E-state index in [1.54, 1.807) is 0 Å². The maximum absolute atomic E-state index is 12.7. The molecule has 0 bridgehead atoms. The smallest absolute Gasteiger partial charge is 0.233 e. The maximum atomic E-state index is 12.7. The lowest BCUT2D eigenvalue weighted by Crippen LogP contribution is -2.41. The number of aromatic nitrogens is 3. The minimum atomic E-state index is -0.319. The molecule has 0 saturated carbocycles. The van der Waals surface area contributed by atoms with Crippen molar-refractivity contribution in [2.75, 3.05) is 18.9 Å². The van der Waals surface area contributed by atoms with Gasteiger partial charge in [-0.15, -0.1) is 10.2 Å². The Balaban J connectivity index is 1.31. The monoisotopic (exact) mass is 436 g/mol. The SMILES string of the molecule is Cc1ccc(-c2nnc(SC(C)C(=O)NC3CCN(Cc4ccccc4)C3)n2N)cc1. The summed E-state index contributed by atoms with van der Waals surface area (Å²) in [6, 6.07) is 18.5. The predicted octanol–water partition coefficient (Wildman–Crippen LogP) is 2.84. The van der Waals surface area contributed by atoms with Gasteiger partial charge in [-0.3, -0.25) is 9.69 Å². The molecule has 1 aliphatic heterocycles. The Morgan fingerprint density at radius 2 is 1.94 bits per heavy atom. The molecule has 2 unspecified atom stereocenters. The average Bonchev–Trinajstić information content (AvgIpc) is 3.36. The Morgan fingerprint density at radius 1 is 1.19 bits per heavy atom. The number of benzene rings is 2. The summed E-state index contributed by atoms with van der Waals surface area (Å²) >= 11 is 1.32. The van der Waals surface area contributed by atoms with Gasteiger partial charge in [0.25, 0.3) is 0 Å². The number of rotatable bonds is 7. The Labute approximate surface area is 187 Å². The van der Waals surface area contributed by atoms with Crippen LogP contribution >= 0.6 is 11.8 Å². The first-order chi connectivity index (χ1) is 15.0. The molecular formula is C23H28N6OS. The second-order valence-electron chi connectivity index (χ2n) is 8.02. The minimum Gasteiger partial charge on any atom is -0.351 e. The van der Waals surface area contributed by atoms with Crippen LogP contribution in [0.3, 0.4) is 0 Å². The molecule has 0 spiro atoms. The first-order valence-corrected chi connectivity index (χ1v) is 11.4. The third-order valence-corrected chi connectivity index (χ3v) is 6.55. The zero-order chi connectivity index (χ0) is 21.8. The second kappa shape index (κ2) is 9.53. The molecule has 3 N–H and O–H groups in total. The molecule has 1 saturated heterocycles. The normalized spacial score (nSPS) is 17.5. The van der Waals surface area contributed by atoms with Crippen LogP contribution in [-0.4, -0.2) is 50.1 Å². The Morgan fingerprint density at radius 3 is 2.68 bits per heavy atom. The summed E-state index contributed by atoms with van der Waals surface area (Å²) in [5, 5.41) is 11.8. The fourth-order valence-electron chi connectivity index (χ4n) is 3.72. The number of hydrogen-bond acceptors (Lipinski definition) is 6. The number of nitrogens with zero attached hydrogens (tertiary/aromatic N) is 4. The minimum absolute atomic E-state index is 0.00329. The molecule has 0 radical (unpaired) electrons. The molecule has 2 atom stereocenters. The van der Waals surface area contributed by atoms with E-state index in [4.69, 9.17) is 5.84 Å². The molecule has 0 aliphatic carbocycles. The van der Waals surface area contributed by atoms with Crippen molar-refractivity contribution in [3.8, 4) is 11.4 Å². The van der Waals surface area contributed by atoms with Crippen molar-refractivity contribution in [3.63, 3.8) is 0 Å². The van der Waals surface area contributed by atoms with Crippen molar-refractivity contribution >= 4 is 17.7 Å². The third kappa shape index (κ3) is 5.26. The molecule has 1 aromatic heterocycles. The number of thioether (sulfide) groups is 1. The lowest BCUT2D eigenvalue weighted by Gasteiger charge is -2.18. The molecule has 1 amide bonds. The van der Waals surface area contributed by atoms with Crippen LogP contribution in [0.2, 0.25) is 0 Å².